The van der Waals surface area contributed by atoms with Gasteiger partial charge in [0.05, 0.1) is 12.5 Å². The molecule has 1 aromatic rings. The Morgan fingerprint density at radius 2 is 2.00 bits per heavy atom. The Labute approximate surface area is 129 Å². The molecule has 118 valence electrons. The zero-order valence-corrected chi connectivity index (χ0v) is 13.6. The van der Waals surface area contributed by atoms with E-state index in [9.17, 15) is 9.59 Å². The molecule has 1 aromatic heterocycles. The number of carbonyl (C=O) groups is 2. The predicted molar refractivity (Wildman–Crippen MR) is 84.5 cm³/mol. The first-order valence-electron chi connectivity index (χ1n) is 7.21. The Kier molecular flexibility index (Phi) is 7.22. The highest BCUT2D eigenvalue weighted by molar-refractivity contribution is 7.11. The van der Waals surface area contributed by atoms with Gasteiger partial charge in [-0.2, -0.15) is 0 Å². The average molecular weight is 312 g/mol. The third-order valence-corrected chi connectivity index (χ3v) is 4.29. The fraction of sp³-hybridized carbons (Fsp3) is 0.600. The minimum absolute atomic E-state index is 0.0380. The molecule has 2 atom stereocenters. The van der Waals surface area contributed by atoms with Crippen LogP contribution in [0.4, 0.5) is 4.79 Å². The van der Waals surface area contributed by atoms with Crippen molar-refractivity contribution in [1.82, 2.24) is 10.6 Å². The van der Waals surface area contributed by atoms with E-state index in [2.05, 4.69) is 10.6 Å². The molecule has 21 heavy (non-hydrogen) atoms. The number of nitrogens with one attached hydrogen (secondary N) is 2. The summed E-state index contributed by atoms with van der Waals surface area (Å²) in [5.41, 5.74) is 0. The molecule has 0 bridgehead atoms. The first-order chi connectivity index (χ1) is 9.88. The van der Waals surface area contributed by atoms with E-state index < -0.39 is 5.97 Å². The average Bonchev–Trinajstić information content (AvgIpc) is 2.82. The minimum Gasteiger partial charge on any atom is -0.481 e. The molecule has 0 aliphatic rings. The Morgan fingerprint density at radius 3 is 2.57 bits per heavy atom. The Morgan fingerprint density at radius 1 is 1.29 bits per heavy atom. The van der Waals surface area contributed by atoms with Crippen LogP contribution in [0.5, 0.6) is 0 Å². The van der Waals surface area contributed by atoms with E-state index in [1.54, 1.807) is 18.3 Å². The van der Waals surface area contributed by atoms with Crippen LogP contribution in [0.15, 0.2) is 12.1 Å². The normalized spacial score (nSPS) is 13.5. The Bertz CT molecular complexity index is 473. The lowest BCUT2D eigenvalue weighted by atomic mass is 10.0. The zero-order valence-electron chi connectivity index (χ0n) is 12.8. The van der Waals surface area contributed by atoms with Crippen LogP contribution in [-0.2, 0) is 11.3 Å². The minimum atomic E-state index is -0.764. The van der Waals surface area contributed by atoms with Crippen molar-refractivity contribution in [3.8, 4) is 0 Å². The van der Waals surface area contributed by atoms with Crippen LogP contribution < -0.4 is 10.6 Å². The van der Waals surface area contributed by atoms with Crippen molar-refractivity contribution in [2.75, 3.05) is 0 Å². The lowest BCUT2D eigenvalue weighted by Gasteiger charge is -2.15. The molecule has 0 saturated heterocycles. The molecule has 0 saturated carbocycles. The van der Waals surface area contributed by atoms with E-state index in [0.29, 0.717) is 13.0 Å². The van der Waals surface area contributed by atoms with Crippen LogP contribution in [0.3, 0.4) is 0 Å². The maximum atomic E-state index is 11.7. The van der Waals surface area contributed by atoms with Gasteiger partial charge in [-0.15, -0.1) is 11.3 Å². The highest BCUT2D eigenvalue weighted by Crippen LogP contribution is 2.14. The van der Waals surface area contributed by atoms with Crippen LogP contribution >= 0.6 is 11.3 Å². The number of amides is 2. The van der Waals surface area contributed by atoms with Crippen molar-refractivity contribution < 1.29 is 14.7 Å². The number of aliphatic carboxylic acids is 1. The molecular formula is C15H24N2O3S. The molecule has 1 heterocycles. The second kappa shape index (κ2) is 8.67. The van der Waals surface area contributed by atoms with Crippen molar-refractivity contribution in [1.29, 1.82) is 0 Å². The summed E-state index contributed by atoms with van der Waals surface area (Å²) in [5.74, 6) is -1.09. The number of urea groups is 1. The smallest absolute Gasteiger partial charge is 0.315 e. The van der Waals surface area contributed by atoms with Crippen molar-refractivity contribution in [2.45, 2.75) is 52.6 Å². The number of rotatable bonds is 8. The molecule has 1 rings (SSSR count). The van der Waals surface area contributed by atoms with Crippen molar-refractivity contribution in [3.63, 3.8) is 0 Å². The molecule has 2 amide bonds. The third-order valence-electron chi connectivity index (χ3n) is 3.29. The largest absolute Gasteiger partial charge is 0.481 e. The maximum Gasteiger partial charge on any atom is 0.315 e. The molecule has 0 spiro atoms. The predicted octanol–water partition coefficient (Wildman–Crippen LogP) is 3.14. The standard InChI is InChI=1S/C15H24N2O3S/c1-10(14(18)19)5-4-6-11(2)17-15(20)16-9-13-8-7-12(3)21-13/h7-8,10-11H,4-6,9H2,1-3H3,(H,18,19)(H2,16,17,20). The van der Waals surface area contributed by atoms with Crippen LogP contribution in [0.1, 0.15) is 42.9 Å². The van der Waals surface area contributed by atoms with E-state index in [-0.39, 0.29) is 18.0 Å². The summed E-state index contributed by atoms with van der Waals surface area (Å²) in [6.07, 6.45) is 2.21. The molecule has 6 heteroatoms. The van der Waals surface area contributed by atoms with Crippen molar-refractivity contribution in [3.05, 3.63) is 21.9 Å². The number of carbonyl (C=O) groups excluding carboxylic acids is 1. The summed E-state index contributed by atoms with van der Waals surface area (Å²) in [7, 11) is 0. The van der Waals surface area contributed by atoms with Gasteiger partial charge in [-0.3, -0.25) is 4.79 Å². The Balaban J connectivity index is 2.17. The van der Waals surface area contributed by atoms with Crippen molar-refractivity contribution in [2.24, 2.45) is 5.92 Å². The molecule has 2 unspecified atom stereocenters. The highest BCUT2D eigenvalue weighted by Gasteiger charge is 2.12. The second-order valence-corrected chi connectivity index (χ2v) is 6.78. The van der Waals surface area contributed by atoms with E-state index in [0.717, 1.165) is 17.7 Å². The third kappa shape index (κ3) is 7.13. The second-order valence-electron chi connectivity index (χ2n) is 5.41. The topological polar surface area (TPSA) is 78.4 Å². The van der Waals surface area contributed by atoms with Crippen LogP contribution in [0.25, 0.3) is 0 Å². The molecule has 0 radical (unpaired) electrons. The van der Waals surface area contributed by atoms with E-state index in [1.807, 2.05) is 26.0 Å². The lowest BCUT2D eigenvalue weighted by molar-refractivity contribution is -0.141. The van der Waals surface area contributed by atoms with Gasteiger partial charge in [-0.05, 0) is 38.8 Å². The lowest BCUT2D eigenvalue weighted by Crippen LogP contribution is -2.40. The summed E-state index contributed by atoms with van der Waals surface area (Å²) in [6.45, 7) is 6.21. The molecule has 5 nitrogen and oxygen atoms in total. The van der Waals surface area contributed by atoms with Gasteiger partial charge in [0, 0.05) is 15.8 Å². The zero-order chi connectivity index (χ0) is 15.8. The quantitative estimate of drug-likeness (QED) is 0.690. The molecular weight excluding hydrogens is 288 g/mol. The van der Waals surface area contributed by atoms with Gasteiger partial charge in [-0.1, -0.05) is 13.3 Å². The summed E-state index contributed by atoms with van der Waals surface area (Å²) >= 11 is 1.67. The number of aryl methyl sites for hydroxylation is 1. The number of hydrogen-bond acceptors (Lipinski definition) is 3. The van der Waals surface area contributed by atoms with Gasteiger partial charge in [-0.25, -0.2) is 4.79 Å². The molecule has 0 aliphatic heterocycles. The molecule has 3 N–H and O–H groups in total. The number of thiophene rings is 1. The van der Waals surface area contributed by atoms with Crippen molar-refractivity contribution >= 4 is 23.3 Å². The fourth-order valence-electron chi connectivity index (χ4n) is 1.95. The van der Waals surface area contributed by atoms with Gasteiger partial charge < -0.3 is 15.7 Å². The first-order valence-corrected chi connectivity index (χ1v) is 8.02. The van der Waals surface area contributed by atoms with Gasteiger partial charge in [0.2, 0.25) is 0 Å². The molecule has 0 fully saturated rings. The fourth-order valence-corrected chi connectivity index (χ4v) is 2.78. The molecule has 0 aliphatic carbocycles. The van der Waals surface area contributed by atoms with Crippen LogP contribution in [0.2, 0.25) is 0 Å². The SMILES string of the molecule is Cc1ccc(CNC(=O)NC(C)CCCC(C)C(=O)O)s1. The van der Waals surface area contributed by atoms with Gasteiger partial charge in [0.1, 0.15) is 0 Å². The summed E-state index contributed by atoms with van der Waals surface area (Å²) < 4.78 is 0. The Hall–Kier alpha value is -1.56. The van der Waals surface area contributed by atoms with E-state index in [1.165, 1.54) is 4.88 Å². The number of carboxylic acids is 1. The first kappa shape index (κ1) is 17.5. The van der Waals surface area contributed by atoms with Crippen LogP contribution in [0, 0.1) is 12.8 Å². The monoisotopic (exact) mass is 312 g/mol. The van der Waals surface area contributed by atoms with Gasteiger partial charge >= 0.3 is 12.0 Å². The summed E-state index contributed by atoms with van der Waals surface area (Å²) in [5, 5.41) is 14.5. The van der Waals surface area contributed by atoms with Gasteiger partial charge in [0.15, 0.2) is 0 Å². The van der Waals surface area contributed by atoms with E-state index >= 15 is 0 Å². The number of hydrogen-bond donors (Lipinski definition) is 3. The van der Waals surface area contributed by atoms with Gasteiger partial charge in [0.25, 0.3) is 0 Å². The van der Waals surface area contributed by atoms with Crippen LogP contribution in [-0.4, -0.2) is 23.1 Å². The molecule has 0 aromatic carbocycles. The number of carboxylic acid groups (broad SMARTS) is 1. The maximum absolute atomic E-state index is 11.7. The van der Waals surface area contributed by atoms with E-state index in [4.69, 9.17) is 5.11 Å². The summed E-state index contributed by atoms with van der Waals surface area (Å²) in [6, 6.07) is 3.90. The highest BCUT2D eigenvalue weighted by atomic mass is 32.1. The summed E-state index contributed by atoms with van der Waals surface area (Å²) in [4.78, 5) is 24.8.